The number of ketones is 1. The molecule has 0 spiro atoms. The van der Waals surface area contributed by atoms with Crippen LogP contribution in [0, 0.1) is 0 Å². The first-order valence-corrected chi connectivity index (χ1v) is 10.8. The number of nitrogens with zero attached hydrogens (tertiary/aromatic N) is 1. The van der Waals surface area contributed by atoms with Crippen molar-refractivity contribution in [1.29, 1.82) is 0 Å². The molecule has 0 bridgehead atoms. The van der Waals surface area contributed by atoms with Gasteiger partial charge in [0.2, 0.25) is 0 Å². The van der Waals surface area contributed by atoms with Crippen LogP contribution in [0.25, 0.3) is 10.9 Å². The fourth-order valence-electron chi connectivity index (χ4n) is 4.76. The monoisotopic (exact) mass is 437 g/mol. The van der Waals surface area contributed by atoms with E-state index < -0.39 is 11.5 Å². The summed E-state index contributed by atoms with van der Waals surface area (Å²) < 4.78 is 18.9. The maximum atomic E-state index is 13.6. The van der Waals surface area contributed by atoms with Crippen molar-refractivity contribution in [1.82, 2.24) is 4.57 Å². The van der Waals surface area contributed by atoms with Crippen LogP contribution in [0.3, 0.4) is 0 Å². The average molecular weight is 437 g/mol. The van der Waals surface area contributed by atoms with Crippen molar-refractivity contribution in [2.24, 2.45) is 7.05 Å². The normalized spacial score (nSPS) is 18.1. The molecule has 0 radical (unpaired) electrons. The first-order valence-electron chi connectivity index (χ1n) is 10.8. The zero-order chi connectivity index (χ0) is 22.6. The SMILES string of the molecule is Cn1c2c(c3ccc(OC4COC4)cc31)C(=O)c1ccc(OC[C@@H](O)CO)cc1C2(C)C. The smallest absolute Gasteiger partial charge is 0.195 e. The minimum Gasteiger partial charge on any atom is -0.491 e. The Morgan fingerprint density at radius 1 is 1.19 bits per heavy atom. The number of aliphatic hydroxyl groups excluding tert-OH is 2. The molecule has 1 atom stereocenters. The zero-order valence-corrected chi connectivity index (χ0v) is 18.4. The van der Waals surface area contributed by atoms with E-state index in [0.29, 0.717) is 24.5 Å². The first-order chi connectivity index (χ1) is 15.3. The summed E-state index contributed by atoms with van der Waals surface area (Å²) in [5.41, 5.74) is 3.69. The molecule has 1 saturated heterocycles. The molecule has 1 aromatic heterocycles. The van der Waals surface area contributed by atoms with Crippen LogP contribution in [0.4, 0.5) is 0 Å². The predicted octanol–water partition coefficient (Wildman–Crippen LogP) is 2.56. The molecule has 2 aromatic carbocycles. The van der Waals surface area contributed by atoms with Gasteiger partial charge in [0.05, 0.1) is 30.9 Å². The number of aromatic nitrogens is 1. The molecule has 1 aliphatic heterocycles. The van der Waals surface area contributed by atoms with Crippen LogP contribution < -0.4 is 9.47 Å². The lowest BCUT2D eigenvalue weighted by atomic mass is 9.71. The van der Waals surface area contributed by atoms with Crippen LogP contribution in [0.15, 0.2) is 36.4 Å². The Morgan fingerprint density at radius 2 is 1.94 bits per heavy atom. The Kier molecular flexibility index (Phi) is 5.00. The Balaban J connectivity index is 1.58. The molecular weight excluding hydrogens is 410 g/mol. The largest absolute Gasteiger partial charge is 0.491 e. The Bertz CT molecular complexity index is 1210. The first kappa shape index (κ1) is 21.0. The minimum absolute atomic E-state index is 0.0112. The summed E-state index contributed by atoms with van der Waals surface area (Å²) in [6.07, 6.45) is -0.874. The van der Waals surface area contributed by atoms with Crippen molar-refractivity contribution >= 4 is 16.7 Å². The van der Waals surface area contributed by atoms with E-state index in [2.05, 4.69) is 18.4 Å². The van der Waals surface area contributed by atoms with Crippen LogP contribution >= 0.6 is 0 Å². The zero-order valence-electron chi connectivity index (χ0n) is 18.4. The quantitative estimate of drug-likeness (QED) is 0.616. The number of fused-ring (bicyclic) bond motifs is 4. The van der Waals surface area contributed by atoms with Gasteiger partial charge >= 0.3 is 0 Å². The highest BCUT2D eigenvalue weighted by molar-refractivity contribution is 6.20. The molecule has 168 valence electrons. The molecule has 0 saturated carbocycles. The van der Waals surface area contributed by atoms with Crippen LogP contribution in [-0.2, 0) is 17.2 Å². The van der Waals surface area contributed by atoms with E-state index >= 15 is 0 Å². The fourth-order valence-corrected chi connectivity index (χ4v) is 4.76. The van der Waals surface area contributed by atoms with Crippen LogP contribution in [0.2, 0.25) is 0 Å². The summed E-state index contributed by atoms with van der Waals surface area (Å²) in [6.45, 7) is 5.02. The number of hydrogen-bond donors (Lipinski definition) is 2. The molecule has 2 aliphatic rings. The standard InChI is InChI=1S/C25H27NO6/c1-25(2)20-8-15(31-11-14(28)10-27)4-6-18(20)23(29)22-19-7-5-16(32-17-12-30-13-17)9-21(19)26(3)24(22)25/h4-9,14,17,27-28H,10-13H2,1-3H3/t14-/m0/s1. The maximum absolute atomic E-state index is 13.6. The van der Waals surface area contributed by atoms with Gasteiger partial charge in [-0.2, -0.15) is 0 Å². The molecule has 5 rings (SSSR count). The third-order valence-electron chi connectivity index (χ3n) is 6.46. The molecule has 0 amide bonds. The lowest BCUT2D eigenvalue weighted by Crippen LogP contribution is -2.38. The van der Waals surface area contributed by atoms with E-state index in [9.17, 15) is 9.90 Å². The van der Waals surface area contributed by atoms with Crippen LogP contribution in [-0.4, -0.2) is 59.2 Å². The van der Waals surface area contributed by atoms with Gasteiger partial charge in [-0.1, -0.05) is 13.8 Å². The highest BCUT2D eigenvalue weighted by Crippen LogP contribution is 2.46. The molecule has 2 N–H and O–H groups in total. The molecule has 0 unspecified atom stereocenters. The summed E-state index contributed by atoms with van der Waals surface area (Å²) in [7, 11) is 1.98. The van der Waals surface area contributed by atoms with Gasteiger partial charge in [0.1, 0.15) is 30.3 Å². The Labute approximate surface area is 186 Å². The van der Waals surface area contributed by atoms with Crippen LogP contribution in [0.1, 0.15) is 41.0 Å². The molecule has 3 aromatic rings. The van der Waals surface area contributed by atoms with E-state index in [4.69, 9.17) is 19.3 Å². The predicted molar refractivity (Wildman–Crippen MR) is 119 cm³/mol. The molecule has 7 nitrogen and oxygen atoms in total. The highest BCUT2D eigenvalue weighted by atomic mass is 16.6. The van der Waals surface area contributed by atoms with Crippen molar-refractivity contribution < 1.29 is 29.2 Å². The molecule has 2 heterocycles. The van der Waals surface area contributed by atoms with Crippen molar-refractivity contribution in [3.63, 3.8) is 0 Å². The Morgan fingerprint density at radius 3 is 2.62 bits per heavy atom. The van der Waals surface area contributed by atoms with E-state index in [1.165, 1.54) is 0 Å². The summed E-state index contributed by atoms with van der Waals surface area (Å²) >= 11 is 0. The minimum atomic E-state index is -0.951. The van der Waals surface area contributed by atoms with Crippen molar-refractivity contribution in [2.75, 3.05) is 26.4 Å². The molecule has 1 fully saturated rings. The second kappa shape index (κ2) is 7.62. The fraction of sp³-hybridized carbons (Fsp3) is 0.400. The number of ether oxygens (including phenoxy) is 3. The summed E-state index contributed by atoms with van der Waals surface area (Å²) in [6, 6.07) is 11.3. The van der Waals surface area contributed by atoms with Crippen molar-refractivity contribution in [3.05, 3.63) is 58.8 Å². The Hall–Kier alpha value is -2.87. The van der Waals surface area contributed by atoms with Gasteiger partial charge in [-0.25, -0.2) is 0 Å². The van der Waals surface area contributed by atoms with Gasteiger partial charge in [0.25, 0.3) is 0 Å². The number of hydrogen-bond acceptors (Lipinski definition) is 6. The number of benzene rings is 2. The number of carbonyl (C=O) groups is 1. The number of rotatable bonds is 6. The second-order valence-electron chi connectivity index (χ2n) is 9.05. The van der Waals surface area contributed by atoms with E-state index in [1.807, 2.05) is 31.3 Å². The number of aryl methyl sites for hydroxylation is 1. The third kappa shape index (κ3) is 3.20. The third-order valence-corrected chi connectivity index (χ3v) is 6.46. The lowest BCUT2D eigenvalue weighted by molar-refractivity contribution is -0.0796. The van der Waals surface area contributed by atoms with E-state index in [1.54, 1.807) is 12.1 Å². The molecule has 1 aliphatic carbocycles. The van der Waals surface area contributed by atoms with E-state index in [-0.39, 0.29) is 25.1 Å². The highest BCUT2D eigenvalue weighted by Gasteiger charge is 2.41. The van der Waals surface area contributed by atoms with Gasteiger partial charge < -0.3 is 29.0 Å². The van der Waals surface area contributed by atoms with Gasteiger partial charge in [-0.15, -0.1) is 0 Å². The number of carbonyl (C=O) groups excluding carboxylic acids is 1. The maximum Gasteiger partial charge on any atom is 0.195 e. The molecule has 32 heavy (non-hydrogen) atoms. The summed E-state index contributed by atoms with van der Waals surface area (Å²) in [5, 5.41) is 19.5. The van der Waals surface area contributed by atoms with Gasteiger partial charge in [-0.3, -0.25) is 4.79 Å². The second-order valence-corrected chi connectivity index (χ2v) is 9.05. The summed E-state index contributed by atoms with van der Waals surface area (Å²) in [4.78, 5) is 13.6. The molecular formula is C25H27NO6. The van der Waals surface area contributed by atoms with E-state index in [0.717, 1.165) is 33.5 Å². The average Bonchev–Trinajstić information content (AvgIpc) is 3.06. The summed E-state index contributed by atoms with van der Waals surface area (Å²) in [5.74, 6) is 1.31. The van der Waals surface area contributed by atoms with Crippen molar-refractivity contribution in [2.45, 2.75) is 31.5 Å². The van der Waals surface area contributed by atoms with Gasteiger partial charge in [0, 0.05) is 35.2 Å². The van der Waals surface area contributed by atoms with Crippen molar-refractivity contribution in [3.8, 4) is 11.5 Å². The van der Waals surface area contributed by atoms with Gasteiger partial charge in [-0.05, 0) is 35.9 Å². The topological polar surface area (TPSA) is 90.2 Å². The van der Waals surface area contributed by atoms with Crippen LogP contribution in [0.5, 0.6) is 11.5 Å². The molecule has 7 heteroatoms. The number of aliphatic hydroxyl groups is 2. The van der Waals surface area contributed by atoms with Gasteiger partial charge in [0.15, 0.2) is 5.78 Å². The lowest BCUT2D eigenvalue weighted by Gasteiger charge is -2.34.